The number of benzene rings is 1. The van der Waals surface area contributed by atoms with E-state index in [4.69, 9.17) is 0 Å². The molecular formula is C18H24SSn. The molecule has 0 fully saturated rings. The topological polar surface area (TPSA) is 0 Å². The van der Waals surface area contributed by atoms with Gasteiger partial charge >= 0.3 is 141 Å². The molecule has 0 spiro atoms. The average molecular weight is 391 g/mol. The van der Waals surface area contributed by atoms with E-state index < -0.39 is 0 Å². The van der Waals surface area contributed by atoms with Gasteiger partial charge in [0.25, 0.3) is 0 Å². The zero-order chi connectivity index (χ0) is 15.0. The molecule has 0 unspecified atom stereocenters. The van der Waals surface area contributed by atoms with Crippen LogP contribution in [-0.4, -0.2) is 28.3 Å². The first-order valence-electron chi connectivity index (χ1n) is 6.90. The van der Waals surface area contributed by atoms with E-state index in [9.17, 15) is 0 Å². The van der Waals surface area contributed by atoms with Crippen molar-refractivity contribution in [2.45, 2.75) is 24.2 Å². The Labute approximate surface area is 140 Å². The molecule has 0 aliphatic carbocycles. The molecule has 0 aliphatic heterocycles. The Morgan fingerprint density at radius 3 is 2.05 bits per heavy atom. The third kappa shape index (κ3) is 4.42. The van der Waals surface area contributed by atoms with Gasteiger partial charge < -0.3 is 0 Å². The number of hydrogen-bond acceptors (Lipinski definition) is 1. The van der Waals surface area contributed by atoms with Crippen molar-refractivity contribution in [3.05, 3.63) is 73.4 Å². The van der Waals surface area contributed by atoms with Gasteiger partial charge in [0.1, 0.15) is 0 Å². The molecule has 0 heterocycles. The van der Waals surface area contributed by atoms with Crippen LogP contribution in [0, 0.1) is 0 Å². The quantitative estimate of drug-likeness (QED) is 0.354. The van der Waals surface area contributed by atoms with E-state index in [1.54, 1.807) is 3.58 Å². The molecule has 20 heavy (non-hydrogen) atoms. The summed E-state index contributed by atoms with van der Waals surface area (Å²) in [6.07, 6.45) is 10.8. The number of thioether (sulfide) groups is 1. The Morgan fingerprint density at radius 1 is 0.900 bits per heavy atom. The van der Waals surface area contributed by atoms with Crippen LogP contribution in [0.4, 0.5) is 0 Å². The van der Waals surface area contributed by atoms with E-state index >= 15 is 0 Å². The van der Waals surface area contributed by atoms with Gasteiger partial charge in [0.15, 0.2) is 0 Å². The summed E-state index contributed by atoms with van der Waals surface area (Å²) >= 11 is 2.39. The predicted octanol–water partition coefficient (Wildman–Crippen LogP) is 3.14. The Morgan fingerprint density at radius 2 is 1.50 bits per heavy atom. The molecule has 0 amide bonds. The van der Waals surface area contributed by atoms with E-state index in [0.29, 0.717) is 22.5 Å². The van der Waals surface area contributed by atoms with Crippen LogP contribution in [0.25, 0.3) is 0 Å². The molecule has 0 saturated carbocycles. The third-order valence-corrected chi connectivity index (χ3v) is 7.73. The third-order valence-electron chi connectivity index (χ3n) is 3.18. The molecule has 0 nitrogen and oxygen atoms in total. The van der Waals surface area contributed by atoms with Gasteiger partial charge in [-0.1, -0.05) is 0 Å². The summed E-state index contributed by atoms with van der Waals surface area (Å²) in [7, 11) is 0. The molecule has 0 aliphatic rings. The number of rotatable bonds is 9. The van der Waals surface area contributed by atoms with Crippen molar-refractivity contribution in [1.29, 1.82) is 0 Å². The zero-order valence-electron chi connectivity index (χ0n) is 12.5. The van der Waals surface area contributed by atoms with E-state index in [2.05, 4.69) is 32.4 Å². The Balaban J connectivity index is 3.45. The van der Waals surface area contributed by atoms with Crippen molar-refractivity contribution in [2.24, 2.45) is 0 Å². The molecule has 106 valence electrons. The van der Waals surface area contributed by atoms with Crippen LogP contribution in [0.3, 0.4) is 0 Å². The van der Waals surface area contributed by atoms with Gasteiger partial charge in [-0.2, -0.15) is 0 Å². The summed E-state index contributed by atoms with van der Waals surface area (Å²) < 4.78 is 1.54. The molecule has 0 radical (unpaired) electrons. The van der Waals surface area contributed by atoms with E-state index in [1.165, 1.54) is 21.6 Å². The molecule has 0 atom stereocenters. The van der Waals surface area contributed by atoms with Crippen molar-refractivity contribution in [2.75, 3.05) is 5.75 Å². The SMILES string of the molecule is C=CCSc1[c]([SnH3])cc(CC=C)c(CC=C)c1CC=C. The van der Waals surface area contributed by atoms with Gasteiger partial charge in [0.05, 0.1) is 0 Å². The second kappa shape index (κ2) is 9.30. The van der Waals surface area contributed by atoms with Gasteiger partial charge in [-0.05, 0) is 0 Å². The molecule has 1 aromatic carbocycles. The number of allylic oxidation sites excluding steroid dienone is 3. The van der Waals surface area contributed by atoms with Crippen LogP contribution in [0.2, 0.25) is 0 Å². The van der Waals surface area contributed by atoms with Crippen LogP contribution in [0.1, 0.15) is 16.7 Å². The molecule has 0 N–H and O–H groups in total. The summed E-state index contributed by atoms with van der Waals surface area (Å²) in [5.74, 6) is 0.963. The normalized spacial score (nSPS) is 10.2. The van der Waals surface area contributed by atoms with Gasteiger partial charge in [-0.3, -0.25) is 0 Å². The van der Waals surface area contributed by atoms with E-state index in [-0.39, 0.29) is 0 Å². The molecule has 1 rings (SSSR count). The van der Waals surface area contributed by atoms with Gasteiger partial charge in [-0.25, -0.2) is 0 Å². The standard InChI is InChI=1S/C18H21S.Sn.3H/c1-5-9-15-12-13-18(19-14-8-4)17(11-7-3)16(15)10-6-2;;;;/h5-8,12H,1-4,9-11,14H2;;;;. The monoisotopic (exact) mass is 392 g/mol. The first kappa shape index (κ1) is 17.4. The second-order valence-electron chi connectivity index (χ2n) is 4.72. The Bertz CT molecular complexity index is 515. The fourth-order valence-electron chi connectivity index (χ4n) is 2.42. The summed E-state index contributed by atoms with van der Waals surface area (Å²) in [6, 6.07) is 2.38. The summed E-state index contributed by atoms with van der Waals surface area (Å²) in [4.78, 5) is 1.46. The molecule has 0 aromatic heterocycles. The van der Waals surface area contributed by atoms with Crippen LogP contribution in [0.15, 0.2) is 61.6 Å². The van der Waals surface area contributed by atoms with Crippen molar-refractivity contribution in [3.63, 3.8) is 0 Å². The maximum atomic E-state index is 3.93. The number of hydrogen-bond donors (Lipinski definition) is 0. The molecule has 0 bridgehead atoms. The first-order chi connectivity index (χ1) is 9.69. The second-order valence-corrected chi connectivity index (χ2v) is 8.82. The minimum atomic E-state index is 0.479. The molecule has 1 aromatic rings. The average Bonchev–Trinajstić information content (AvgIpc) is 2.43. The maximum absolute atomic E-state index is 3.93. The van der Waals surface area contributed by atoms with Gasteiger partial charge in [-0.15, -0.1) is 0 Å². The van der Waals surface area contributed by atoms with Crippen molar-refractivity contribution in [3.8, 4) is 0 Å². The van der Waals surface area contributed by atoms with E-state index in [0.717, 1.165) is 25.0 Å². The molecular weight excluding hydrogens is 367 g/mol. The molecule has 2 heteroatoms. The zero-order valence-corrected chi connectivity index (χ0v) is 19.0. The Hall–Kier alpha value is -0.671. The Kier molecular flexibility index (Phi) is 8.08. The predicted molar refractivity (Wildman–Crippen MR) is 98.6 cm³/mol. The van der Waals surface area contributed by atoms with Crippen LogP contribution in [0.5, 0.6) is 0 Å². The van der Waals surface area contributed by atoms with Crippen molar-refractivity contribution < 1.29 is 0 Å². The first-order valence-corrected chi connectivity index (χ1v) is 10.7. The van der Waals surface area contributed by atoms with Crippen molar-refractivity contribution >= 4 is 37.9 Å². The fraction of sp³-hybridized carbons (Fsp3) is 0.222. The summed E-state index contributed by atoms with van der Waals surface area (Å²) in [6.45, 7) is 15.6. The van der Waals surface area contributed by atoms with Crippen LogP contribution in [-0.2, 0) is 19.3 Å². The van der Waals surface area contributed by atoms with Crippen molar-refractivity contribution in [1.82, 2.24) is 0 Å². The fourth-order valence-corrected chi connectivity index (χ4v) is 6.47. The van der Waals surface area contributed by atoms with Gasteiger partial charge in [0, 0.05) is 0 Å². The molecule has 0 saturated heterocycles. The summed E-state index contributed by atoms with van der Waals surface area (Å²) in [5, 5.41) is 0. The van der Waals surface area contributed by atoms with Crippen LogP contribution >= 0.6 is 11.8 Å². The minimum absolute atomic E-state index is 0.479. The van der Waals surface area contributed by atoms with Crippen LogP contribution < -0.4 is 3.58 Å². The van der Waals surface area contributed by atoms with Gasteiger partial charge in [0.2, 0.25) is 0 Å². The summed E-state index contributed by atoms with van der Waals surface area (Å²) in [5.41, 5.74) is 4.28. The van der Waals surface area contributed by atoms with E-state index in [1.807, 2.05) is 36.1 Å².